The van der Waals surface area contributed by atoms with Crippen LogP contribution in [-0.4, -0.2) is 0 Å². The maximum Gasteiger partial charge on any atom is 0.0546 e. The van der Waals surface area contributed by atoms with E-state index in [1.807, 2.05) is 6.07 Å². The van der Waals surface area contributed by atoms with E-state index in [1.54, 1.807) is 0 Å². The molecule has 0 aliphatic rings. The van der Waals surface area contributed by atoms with Crippen molar-refractivity contribution in [3.63, 3.8) is 0 Å². The van der Waals surface area contributed by atoms with Crippen LogP contribution < -0.4 is 9.80 Å². The van der Waals surface area contributed by atoms with Crippen molar-refractivity contribution >= 4 is 55.7 Å². The molecular weight excluding hydrogens is 701 g/mol. The molecule has 58 heavy (non-hydrogen) atoms. The molecule has 0 aromatic heterocycles. The van der Waals surface area contributed by atoms with Gasteiger partial charge in [-0.1, -0.05) is 152 Å². The maximum absolute atomic E-state index is 3.28. The van der Waals surface area contributed by atoms with Gasteiger partial charge in [0.05, 0.1) is 11.4 Å². The minimum Gasteiger partial charge on any atom is -0.310 e. The summed E-state index contributed by atoms with van der Waals surface area (Å²) < 4.78 is 0. The molecule has 2 nitrogen and oxygen atoms in total. The number of para-hydroxylation sites is 2. The molecule has 10 rings (SSSR count). The first-order chi connectivity index (χ1) is 28.8. The summed E-state index contributed by atoms with van der Waals surface area (Å²) in [6.07, 6.45) is 0. The van der Waals surface area contributed by atoms with Gasteiger partial charge in [-0.3, -0.25) is 0 Å². The highest BCUT2D eigenvalue weighted by Crippen LogP contribution is 2.41. The highest BCUT2D eigenvalue weighted by Gasteiger charge is 2.17. The van der Waals surface area contributed by atoms with Gasteiger partial charge in [0.25, 0.3) is 0 Å². The largest absolute Gasteiger partial charge is 0.310 e. The Labute approximate surface area is 340 Å². The highest BCUT2D eigenvalue weighted by molar-refractivity contribution is 6.00. The van der Waals surface area contributed by atoms with Crippen LogP contribution in [-0.2, 0) is 0 Å². The van der Waals surface area contributed by atoms with Gasteiger partial charge in [0.1, 0.15) is 0 Å². The number of fused-ring (bicyclic) bond motifs is 2. The molecule has 0 saturated heterocycles. The molecule has 0 aliphatic carbocycles. The molecule has 0 atom stereocenters. The number of hydrogen-bond acceptors (Lipinski definition) is 2. The van der Waals surface area contributed by atoms with Crippen molar-refractivity contribution in [2.24, 2.45) is 0 Å². The van der Waals surface area contributed by atoms with E-state index in [0.717, 1.165) is 44.9 Å². The number of benzene rings is 9. The normalized spacial score (nSPS) is 11.0. The summed E-state index contributed by atoms with van der Waals surface area (Å²) in [5.74, 6) is 0. The lowest BCUT2D eigenvalue weighted by Gasteiger charge is -2.27. The minimum absolute atomic E-state index is 1.04. The van der Waals surface area contributed by atoms with Crippen LogP contribution in [0.1, 0.15) is 0 Å². The number of rotatable bonds is 9. The molecule has 0 N–H and O–H groups in total. The second-order valence-electron chi connectivity index (χ2n) is 14.4. The lowest BCUT2D eigenvalue weighted by molar-refractivity contribution is 1.30. The Morgan fingerprint density at radius 3 is 1.29 bits per heavy atom. The second kappa shape index (κ2) is 15.3. The summed E-state index contributed by atoms with van der Waals surface area (Å²) in [6.45, 7) is 0. The van der Waals surface area contributed by atoms with Crippen LogP contribution in [0.15, 0.2) is 231 Å². The van der Waals surface area contributed by atoms with Crippen LogP contribution in [0.5, 0.6) is 0 Å². The van der Waals surface area contributed by atoms with Crippen molar-refractivity contribution in [3.05, 3.63) is 243 Å². The molecule has 0 amide bonds. The molecule has 0 saturated carbocycles. The van der Waals surface area contributed by atoms with Crippen molar-refractivity contribution in [2.75, 3.05) is 9.80 Å². The van der Waals surface area contributed by atoms with E-state index in [1.165, 1.54) is 44.2 Å². The Morgan fingerprint density at radius 2 is 0.724 bits per heavy atom. The number of hydrogen-bond donors (Lipinski definition) is 0. The third-order valence-corrected chi connectivity index (χ3v) is 10.9. The maximum atomic E-state index is 3.28. The average Bonchev–Trinajstić information content (AvgIpc) is 3.31. The first-order valence-electron chi connectivity index (χ1n) is 19.7. The predicted molar refractivity (Wildman–Crippen MR) is 245 cm³/mol. The Bertz CT molecular complexity index is 2770. The monoisotopic (exact) mass is 738 g/mol. The van der Waals surface area contributed by atoms with E-state index in [4.69, 9.17) is 0 Å². The molecule has 0 fully saturated rings. The molecule has 2 heteroatoms. The summed E-state index contributed by atoms with van der Waals surface area (Å²) in [4.78, 5) is 4.66. The molecule has 0 unspecified atom stereocenters. The fourth-order valence-corrected chi connectivity index (χ4v) is 8.05. The van der Waals surface area contributed by atoms with E-state index < -0.39 is 0 Å². The molecule has 272 valence electrons. The lowest BCUT2D eigenvalue weighted by atomic mass is 9.96. The first-order valence-corrected chi connectivity index (χ1v) is 19.7. The molecule has 0 radical (unpaired) electrons. The first kappa shape index (κ1) is 34.6. The summed E-state index contributed by atoms with van der Waals surface area (Å²) in [7, 11) is 0. The van der Waals surface area contributed by atoms with Crippen molar-refractivity contribution < 1.29 is 0 Å². The van der Waals surface area contributed by atoms with Gasteiger partial charge in [-0.2, -0.15) is 0 Å². The van der Waals surface area contributed by atoms with Crippen molar-refractivity contribution in [2.45, 2.75) is 0 Å². The predicted octanol–water partition coefficient (Wildman–Crippen LogP) is 15.5. The Balaban J connectivity index is 0.945. The van der Waals surface area contributed by atoms with Crippen LogP contribution >= 0.6 is 0 Å². The van der Waals surface area contributed by atoms with Crippen LogP contribution in [0.4, 0.5) is 34.1 Å². The van der Waals surface area contributed by atoms with Crippen LogP contribution in [0.2, 0.25) is 0 Å². The van der Waals surface area contributed by atoms with E-state index in [0.29, 0.717) is 0 Å². The van der Waals surface area contributed by atoms with Gasteiger partial charge >= 0.3 is 0 Å². The summed E-state index contributed by atoms with van der Waals surface area (Å²) >= 11 is 0. The highest BCUT2D eigenvalue weighted by atomic mass is 15.1. The van der Waals surface area contributed by atoms with E-state index >= 15 is 0 Å². The van der Waals surface area contributed by atoms with Crippen molar-refractivity contribution in [1.82, 2.24) is 0 Å². The quantitative estimate of drug-likeness (QED) is 0.145. The van der Waals surface area contributed by atoms with Crippen molar-refractivity contribution in [3.8, 4) is 33.4 Å². The van der Waals surface area contributed by atoms with Crippen LogP contribution in [0.25, 0.3) is 54.9 Å². The molecular formula is C56H38N2. The molecule has 10 aromatic rings. The molecule has 0 aliphatic heterocycles. The Morgan fingerprint density at radius 1 is 0.293 bits per heavy atom. The van der Waals surface area contributed by atoms with E-state index in [-0.39, 0.29) is 0 Å². The molecule has 10 aromatic carbocycles. The van der Waals surface area contributed by atoms with Gasteiger partial charge in [0.15, 0.2) is 0 Å². The van der Waals surface area contributed by atoms with Crippen LogP contribution in [0, 0.1) is 12.1 Å². The summed E-state index contributed by atoms with van der Waals surface area (Å²) in [5, 5.41) is 4.62. The van der Waals surface area contributed by atoms with Gasteiger partial charge in [0, 0.05) is 38.9 Å². The minimum atomic E-state index is 1.04. The number of anilines is 6. The van der Waals surface area contributed by atoms with Gasteiger partial charge < -0.3 is 9.80 Å². The third-order valence-electron chi connectivity index (χ3n) is 10.9. The summed E-state index contributed by atoms with van der Waals surface area (Å²) in [5.41, 5.74) is 13.8. The average molecular weight is 739 g/mol. The van der Waals surface area contributed by atoms with Crippen molar-refractivity contribution in [1.29, 1.82) is 0 Å². The molecule has 0 bridgehead atoms. The van der Waals surface area contributed by atoms with Gasteiger partial charge in [0.2, 0.25) is 0 Å². The van der Waals surface area contributed by atoms with E-state index in [2.05, 4.69) is 246 Å². The van der Waals surface area contributed by atoms with Gasteiger partial charge in [-0.05, 0) is 130 Å². The van der Waals surface area contributed by atoms with Gasteiger partial charge in [-0.25, -0.2) is 0 Å². The lowest BCUT2D eigenvalue weighted by Crippen LogP contribution is -2.10. The smallest absolute Gasteiger partial charge is 0.0546 e. The standard InChI is InChI=1S/C56H38N2/c1-3-23-49(24-4-1)57(55-29-13-17-43-15-7-9-27-53(43)55)51-35-31-41(32-36-51)45-19-11-21-47(39-45)48-22-12-20-46(40-48)42-33-37-52(38-34-42)58(50-25-5-2-6-26-50)56-30-14-18-44-16-8-10-28-54(44)56/h1-7,9-15,17-40H. The van der Waals surface area contributed by atoms with E-state index in [9.17, 15) is 0 Å². The topological polar surface area (TPSA) is 6.48 Å². The molecule has 0 spiro atoms. The zero-order valence-corrected chi connectivity index (χ0v) is 31.8. The zero-order valence-electron chi connectivity index (χ0n) is 31.8. The summed E-state index contributed by atoms with van der Waals surface area (Å²) in [6, 6.07) is 88.6. The third kappa shape index (κ3) is 6.72. The van der Waals surface area contributed by atoms with Crippen LogP contribution in [0.3, 0.4) is 0 Å². The number of nitrogens with zero attached hydrogens (tertiary/aromatic N) is 2. The second-order valence-corrected chi connectivity index (χ2v) is 14.4. The molecule has 0 heterocycles. The SMILES string of the molecule is c1ccc2c(N(c3ccccc3)c3ccc(-c4cccc(-c5cccc(-c6ccc(N(c7ccccc7)c7cccc8ccccc78)cc6)c5)c4)cc3)cccc2c#1. The fourth-order valence-electron chi connectivity index (χ4n) is 8.05. The fraction of sp³-hybridized carbons (Fsp3) is 0. The zero-order chi connectivity index (χ0) is 38.7. The Kier molecular flexibility index (Phi) is 9.16. The van der Waals surface area contributed by atoms with Gasteiger partial charge in [-0.15, -0.1) is 0 Å². The Hall–Kier alpha value is -7.86.